The topological polar surface area (TPSA) is 58.5 Å². The first kappa shape index (κ1) is 12.7. The van der Waals surface area contributed by atoms with Crippen LogP contribution in [0.5, 0.6) is 0 Å². The van der Waals surface area contributed by atoms with Crippen molar-refractivity contribution in [2.45, 2.75) is 6.42 Å². The molecule has 2 rings (SSSR count). The quantitative estimate of drug-likeness (QED) is 0.672. The summed E-state index contributed by atoms with van der Waals surface area (Å²) in [4.78, 5) is 25.5. The van der Waals surface area contributed by atoms with Crippen LogP contribution in [0.15, 0.2) is 59.6 Å². The molecule has 19 heavy (non-hydrogen) atoms. The fourth-order valence-corrected chi connectivity index (χ4v) is 1.70. The van der Waals surface area contributed by atoms with E-state index in [2.05, 4.69) is 10.3 Å². The highest BCUT2D eigenvalue weighted by Crippen LogP contribution is 2.14. The van der Waals surface area contributed by atoms with Gasteiger partial charge in [0.25, 0.3) is 0 Å². The number of benzene rings is 2. The van der Waals surface area contributed by atoms with Crippen LogP contribution < -0.4 is 5.32 Å². The van der Waals surface area contributed by atoms with Crippen molar-refractivity contribution in [3.8, 4) is 0 Å². The van der Waals surface area contributed by atoms with Gasteiger partial charge in [-0.25, -0.2) is 4.79 Å². The molecule has 1 amide bonds. The number of nitrogens with one attached hydrogen (secondary N) is 1. The Bertz CT molecular complexity index is 617. The van der Waals surface area contributed by atoms with Gasteiger partial charge in [-0.1, -0.05) is 30.3 Å². The maximum Gasteiger partial charge on any atom is 0.240 e. The normalized spacial score (nSPS) is 9.47. The van der Waals surface area contributed by atoms with E-state index in [0.717, 1.165) is 11.3 Å². The van der Waals surface area contributed by atoms with E-state index in [1.807, 2.05) is 36.4 Å². The first-order valence-corrected chi connectivity index (χ1v) is 5.79. The van der Waals surface area contributed by atoms with Crippen LogP contribution in [0.4, 0.5) is 11.4 Å². The van der Waals surface area contributed by atoms with Crippen LogP contribution in [0.25, 0.3) is 0 Å². The number of rotatable bonds is 4. The van der Waals surface area contributed by atoms with E-state index >= 15 is 0 Å². The highest BCUT2D eigenvalue weighted by molar-refractivity contribution is 5.92. The van der Waals surface area contributed by atoms with Gasteiger partial charge < -0.3 is 5.32 Å². The molecular weight excluding hydrogens is 240 g/mol. The lowest BCUT2D eigenvalue weighted by Crippen LogP contribution is -2.14. The second-order valence-electron chi connectivity index (χ2n) is 3.96. The van der Waals surface area contributed by atoms with Gasteiger partial charge in [0.15, 0.2) is 0 Å². The Morgan fingerprint density at radius 1 is 1.11 bits per heavy atom. The molecule has 0 unspecified atom stereocenters. The number of isocyanates is 1. The molecule has 2 aromatic carbocycles. The van der Waals surface area contributed by atoms with Crippen molar-refractivity contribution < 1.29 is 9.59 Å². The van der Waals surface area contributed by atoms with E-state index in [4.69, 9.17) is 0 Å². The lowest BCUT2D eigenvalue weighted by Gasteiger charge is -2.05. The molecule has 0 saturated carbocycles. The molecule has 4 nitrogen and oxygen atoms in total. The van der Waals surface area contributed by atoms with Gasteiger partial charge in [-0.2, -0.15) is 4.99 Å². The third-order valence-electron chi connectivity index (χ3n) is 2.51. The second-order valence-corrected chi connectivity index (χ2v) is 3.96. The third-order valence-corrected chi connectivity index (χ3v) is 2.51. The Labute approximate surface area is 110 Å². The molecule has 1 N–H and O–H groups in total. The van der Waals surface area contributed by atoms with Gasteiger partial charge >= 0.3 is 0 Å². The van der Waals surface area contributed by atoms with Crippen LogP contribution in [0.1, 0.15) is 5.56 Å². The van der Waals surface area contributed by atoms with Gasteiger partial charge in [-0.3, -0.25) is 4.79 Å². The van der Waals surface area contributed by atoms with Crippen molar-refractivity contribution in [3.63, 3.8) is 0 Å². The van der Waals surface area contributed by atoms with Gasteiger partial charge in [-0.05, 0) is 29.8 Å². The number of aliphatic imine (C=N–C) groups is 1. The number of carbonyl (C=O) groups excluding carboxylic acids is 2. The van der Waals surface area contributed by atoms with Crippen LogP contribution in [-0.4, -0.2) is 12.0 Å². The highest BCUT2D eigenvalue weighted by Gasteiger charge is 2.04. The van der Waals surface area contributed by atoms with Crippen LogP contribution >= 0.6 is 0 Å². The number of amides is 1. The minimum Gasteiger partial charge on any atom is -0.326 e. The molecular formula is C15H12N2O2. The summed E-state index contributed by atoms with van der Waals surface area (Å²) in [7, 11) is 0. The molecule has 0 spiro atoms. The first-order chi connectivity index (χ1) is 9.28. The average Bonchev–Trinajstić information content (AvgIpc) is 2.40. The molecule has 0 fully saturated rings. The number of anilines is 1. The fraction of sp³-hybridized carbons (Fsp3) is 0.0667. The summed E-state index contributed by atoms with van der Waals surface area (Å²) >= 11 is 0. The summed E-state index contributed by atoms with van der Waals surface area (Å²) < 4.78 is 0. The minimum atomic E-state index is -0.113. The van der Waals surface area contributed by atoms with Crippen molar-refractivity contribution in [1.29, 1.82) is 0 Å². The van der Waals surface area contributed by atoms with Crippen molar-refractivity contribution in [2.24, 2.45) is 4.99 Å². The van der Waals surface area contributed by atoms with Gasteiger partial charge in [0, 0.05) is 5.69 Å². The Morgan fingerprint density at radius 3 is 2.63 bits per heavy atom. The predicted molar refractivity (Wildman–Crippen MR) is 73.0 cm³/mol. The number of hydrogen-bond acceptors (Lipinski definition) is 3. The van der Waals surface area contributed by atoms with Crippen molar-refractivity contribution in [1.82, 2.24) is 0 Å². The summed E-state index contributed by atoms with van der Waals surface area (Å²) in [5.41, 5.74) is 2.06. The van der Waals surface area contributed by atoms with Crippen LogP contribution in [0.2, 0.25) is 0 Å². The van der Waals surface area contributed by atoms with Gasteiger partial charge in [0.2, 0.25) is 12.0 Å². The van der Waals surface area contributed by atoms with Crippen LogP contribution in [-0.2, 0) is 16.0 Å². The van der Waals surface area contributed by atoms with E-state index in [1.54, 1.807) is 18.2 Å². The zero-order valence-electron chi connectivity index (χ0n) is 10.2. The minimum absolute atomic E-state index is 0.113. The molecule has 0 heterocycles. The number of hydrogen-bond donors (Lipinski definition) is 1. The molecule has 0 aromatic heterocycles. The van der Waals surface area contributed by atoms with E-state index < -0.39 is 0 Å². The SMILES string of the molecule is O=C=Nc1cccc(CC(=O)Nc2ccccc2)c1. The van der Waals surface area contributed by atoms with Gasteiger partial charge in [0.05, 0.1) is 12.1 Å². The Morgan fingerprint density at radius 2 is 1.89 bits per heavy atom. The molecule has 2 aromatic rings. The molecule has 0 aliphatic carbocycles. The molecule has 0 aliphatic heterocycles. The van der Waals surface area contributed by atoms with Crippen LogP contribution in [0.3, 0.4) is 0 Å². The zero-order valence-corrected chi connectivity index (χ0v) is 10.2. The van der Waals surface area contributed by atoms with E-state index in [-0.39, 0.29) is 12.3 Å². The lowest BCUT2D eigenvalue weighted by molar-refractivity contribution is -0.115. The molecule has 0 radical (unpaired) electrons. The monoisotopic (exact) mass is 252 g/mol. The smallest absolute Gasteiger partial charge is 0.240 e. The number of nitrogens with zero attached hydrogens (tertiary/aromatic N) is 1. The van der Waals surface area contributed by atoms with Crippen LogP contribution in [0, 0.1) is 0 Å². The summed E-state index contributed by atoms with van der Waals surface area (Å²) in [5, 5.41) is 2.79. The largest absolute Gasteiger partial charge is 0.326 e. The molecule has 0 bridgehead atoms. The van der Waals surface area contributed by atoms with E-state index in [0.29, 0.717) is 5.69 Å². The lowest BCUT2D eigenvalue weighted by atomic mass is 10.1. The zero-order chi connectivity index (χ0) is 13.5. The van der Waals surface area contributed by atoms with E-state index in [1.165, 1.54) is 6.08 Å². The van der Waals surface area contributed by atoms with Crippen molar-refractivity contribution in [3.05, 3.63) is 60.2 Å². The third kappa shape index (κ3) is 3.91. The fourth-order valence-electron chi connectivity index (χ4n) is 1.70. The maximum absolute atomic E-state index is 11.8. The molecule has 0 saturated heterocycles. The average molecular weight is 252 g/mol. The van der Waals surface area contributed by atoms with Crippen molar-refractivity contribution in [2.75, 3.05) is 5.32 Å². The van der Waals surface area contributed by atoms with E-state index in [9.17, 15) is 9.59 Å². The summed E-state index contributed by atoms with van der Waals surface area (Å²) in [5.74, 6) is -0.113. The van der Waals surface area contributed by atoms with Crippen molar-refractivity contribution >= 4 is 23.4 Å². The second kappa shape index (κ2) is 6.28. The number of para-hydroxylation sites is 1. The van der Waals surface area contributed by atoms with Gasteiger partial charge in [0.1, 0.15) is 0 Å². The Hall–Kier alpha value is -2.71. The highest BCUT2D eigenvalue weighted by atomic mass is 16.1. The Balaban J connectivity index is 2.03. The number of carbonyl (C=O) groups is 1. The molecule has 94 valence electrons. The predicted octanol–water partition coefficient (Wildman–Crippen LogP) is 2.84. The first-order valence-electron chi connectivity index (χ1n) is 5.79. The summed E-state index contributed by atoms with van der Waals surface area (Å²) in [6, 6.07) is 16.2. The maximum atomic E-state index is 11.8. The van der Waals surface area contributed by atoms with Gasteiger partial charge in [-0.15, -0.1) is 0 Å². The molecule has 4 heteroatoms. The standard InChI is InChI=1S/C15H12N2O2/c18-11-16-14-8-4-5-12(9-14)10-15(19)17-13-6-2-1-3-7-13/h1-9H,10H2,(H,17,19). The Kier molecular flexibility index (Phi) is 4.21. The molecule has 0 atom stereocenters. The summed E-state index contributed by atoms with van der Waals surface area (Å²) in [6.07, 6.45) is 1.71. The molecule has 0 aliphatic rings. The summed E-state index contributed by atoms with van der Waals surface area (Å²) in [6.45, 7) is 0.